The van der Waals surface area contributed by atoms with E-state index in [9.17, 15) is 22.4 Å². The van der Waals surface area contributed by atoms with Gasteiger partial charge in [0.2, 0.25) is 0 Å². The molecule has 3 rings (SSSR count). The molecule has 1 amide bonds. The van der Waals surface area contributed by atoms with Gasteiger partial charge in [0, 0.05) is 13.6 Å². The zero-order chi connectivity index (χ0) is 19.6. The number of hydrogen-bond acceptors (Lipinski definition) is 2. The minimum Gasteiger partial charge on any atom is -0.337 e. The van der Waals surface area contributed by atoms with E-state index in [0.29, 0.717) is 4.68 Å². The van der Waals surface area contributed by atoms with Crippen molar-refractivity contribution in [1.29, 1.82) is 0 Å². The summed E-state index contributed by atoms with van der Waals surface area (Å²) in [6, 6.07) is 13.8. The first-order valence-corrected chi connectivity index (χ1v) is 7.98. The molecule has 1 aromatic heterocycles. The van der Waals surface area contributed by atoms with E-state index in [-0.39, 0.29) is 12.2 Å². The molecule has 27 heavy (non-hydrogen) atoms. The first-order valence-electron chi connectivity index (χ1n) is 7.98. The van der Waals surface area contributed by atoms with Gasteiger partial charge in [0.25, 0.3) is 5.91 Å². The molecular weight excluding hydrogens is 362 g/mol. The molecule has 4 nitrogen and oxygen atoms in total. The van der Waals surface area contributed by atoms with Crippen molar-refractivity contribution < 1.29 is 22.4 Å². The monoisotopic (exact) mass is 377 g/mol. The van der Waals surface area contributed by atoms with E-state index in [1.54, 1.807) is 30.3 Å². The molecule has 140 valence electrons. The van der Waals surface area contributed by atoms with E-state index >= 15 is 0 Å². The van der Waals surface area contributed by atoms with Gasteiger partial charge in [-0.2, -0.15) is 18.3 Å². The summed E-state index contributed by atoms with van der Waals surface area (Å²) in [6.07, 6.45) is -4.07. The Bertz CT molecular complexity index is 951. The van der Waals surface area contributed by atoms with Gasteiger partial charge in [-0.3, -0.25) is 4.79 Å². The molecule has 0 saturated carbocycles. The van der Waals surface area contributed by atoms with Crippen molar-refractivity contribution in [1.82, 2.24) is 14.7 Å². The number of carbonyl (C=O) groups excluding carboxylic acids is 1. The molecule has 8 heteroatoms. The molecule has 0 aliphatic heterocycles. The number of halogens is 4. The summed E-state index contributed by atoms with van der Waals surface area (Å²) in [5.41, 5.74) is -1.56. The maximum atomic E-state index is 14.0. The number of carbonyl (C=O) groups is 1. The second-order valence-corrected chi connectivity index (χ2v) is 5.91. The van der Waals surface area contributed by atoms with Gasteiger partial charge in [0.1, 0.15) is 11.5 Å². The summed E-state index contributed by atoms with van der Waals surface area (Å²) < 4.78 is 55.4. The summed E-state index contributed by atoms with van der Waals surface area (Å²) >= 11 is 0. The molecule has 0 aliphatic rings. The van der Waals surface area contributed by atoms with Gasteiger partial charge in [-0.15, -0.1) is 0 Å². The van der Waals surface area contributed by atoms with Crippen molar-refractivity contribution in [2.45, 2.75) is 12.7 Å². The summed E-state index contributed by atoms with van der Waals surface area (Å²) in [5, 5.41) is 3.63. The third kappa shape index (κ3) is 3.84. The largest absolute Gasteiger partial charge is 0.434 e. The van der Waals surface area contributed by atoms with Crippen molar-refractivity contribution in [3.63, 3.8) is 0 Å². The Morgan fingerprint density at radius 1 is 1.07 bits per heavy atom. The molecule has 0 fully saturated rings. The third-order valence-corrected chi connectivity index (χ3v) is 3.96. The lowest BCUT2D eigenvalue weighted by atomic mass is 10.1. The molecule has 0 aliphatic carbocycles. The van der Waals surface area contributed by atoms with Crippen LogP contribution in [0.2, 0.25) is 0 Å². The summed E-state index contributed by atoms with van der Waals surface area (Å²) in [6.45, 7) is 0.127. The SMILES string of the molecule is CN(Cc1ccccc1)C(=O)c1cnn(-c2ccccc2F)c1C(F)(F)F. The molecule has 0 unspecified atom stereocenters. The van der Waals surface area contributed by atoms with Crippen LogP contribution in [0.4, 0.5) is 17.6 Å². The fourth-order valence-electron chi connectivity index (χ4n) is 2.72. The van der Waals surface area contributed by atoms with Gasteiger partial charge in [0.05, 0.1) is 11.8 Å². The maximum Gasteiger partial charge on any atom is 0.434 e. The number of rotatable bonds is 4. The van der Waals surface area contributed by atoms with Crippen molar-refractivity contribution in [3.05, 3.63) is 83.4 Å². The van der Waals surface area contributed by atoms with Crippen LogP contribution in [0, 0.1) is 5.82 Å². The fraction of sp³-hybridized carbons (Fsp3) is 0.158. The number of benzene rings is 2. The average molecular weight is 377 g/mol. The van der Waals surface area contributed by atoms with E-state index in [4.69, 9.17) is 0 Å². The minimum absolute atomic E-state index is 0.127. The molecule has 0 atom stereocenters. The van der Waals surface area contributed by atoms with Crippen LogP contribution in [-0.4, -0.2) is 27.6 Å². The molecule has 0 spiro atoms. The number of aromatic nitrogens is 2. The first kappa shape index (κ1) is 18.6. The highest BCUT2D eigenvalue weighted by atomic mass is 19.4. The Morgan fingerprint density at radius 3 is 2.33 bits per heavy atom. The Kier molecular flexibility index (Phi) is 4.98. The van der Waals surface area contributed by atoms with Crippen LogP contribution >= 0.6 is 0 Å². The van der Waals surface area contributed by atoms with Crippen LogP contribution in [0.5, 0.6) is 0 Å². The quantitative estimate of drug-likeness (QED) is 0.636. The second-order valence-electron chi connectivity index (χ2n) is 5.91. The Morgan fingerprint density at radius 2 is 1.70 bits per heavy atom. The van der Waals surface area contributed by atoms with Gasteiger partial charge >= 0.3 is 6.18 Å². The lowest BCUT2D eigenvalue weighted by Crippen LogP contribution is -2.28. The minimum atomic E-state index is -4.89. The maximum absolute atomic E-state index is 14.0. The van der Waals surface area contributed by atoms with E-state index in [1.807, 2.05) is 0 Å². The molecule has 1 heterocycles. The van der Waals surface area contributed by atoms with Crippen molar-refractivity contribution in [3.8, 4) is 5.69 Å². The van der Waals surface area contributed by atoms with E-state index in [0.717, 1.165) is 22.7 Å². The van der Waals surface area contributed by atoms with E-state index in [2.05, 4.69) is 5.10 Å². The smallest absolute Gasteiger partial charge is 0.337 e. The highest BCUT2D eigenvalue weighted by Crippen LogP contribution is 2.34. The van der Waals surface area contributed by atoms with Crippen molar-refractivity contribution >= 4 is 5.91 Å². The van der Waals surface area contributed by atoms with Crippen LogP contribution in [0.3, 0.4) is 0 Å². The Balaban J connectivity index is 2.01. The van der Waals surface area contributed by atoms with E-state index < -0.39 is 29.2 Å². The molecule has 3 aromatic rings. The zero-order valence-corrected chi connectivity index (χ0v) is 14.2. The number of hydrogen-bond donors (Lipinski definition) is 0. The van der Waals surface area contributed by atoms with Gasteiger partial charge in [-0.1, -0.05) is 42.5 Å². The Hall–Kier alpha value is -3.16. The Labute approximate surface area is 152 Å². The van der Waals surface area contributed by atoms with Crippen molar-refractivity contribution in [2.24, 2.45) is 0 Å². The first-order chi connectivity index (χ1) is 12.8. The van der Waals surface area contributed by atoms with Crippen molar-refractivity contribution in [2.75, 3.05) is 7.05 Å². The predicted octanol–water partition coefficient (Wildman–Crippen LogP) is 4.30. The van der Waals surface area contributed by atoms with Gasteiger partial charge in [-0.25, -0.2) is 9.07 Å². The van der Waals surface area contributed by atoms with Crippen LogP contribution in [-0.2, 0) is 12.7 Å². The lowest BCUT2D eigenvalue weighted by Gasteiger charge is -2.19. The fourth-order valence-corrected chi connectivity index (χ4v) is 2.72. The van der Waals surface area contributed by atoms with Crippen LogP contribution in [0.1, 0.15) is 21.6 Å². The number of nitrogens with zero attached hydrogens (tertiary/aromatic N) is 3. The standard InChI is InChI=1S/C19H15F4N3O/c1-25(12-13-7-3-2-4-8-13)18(27)14-11-24-26(17(14)19(21,22)23)16-10-6-5-9-15(16)20/h2-11H,12H2,1H3. The van der Waals surface area contributed by atoms with E-state index in [1.165, 1.54) is 25.2 Å². The molecular formula is C19H15F4N3O. The average Bonchev–Trinajstić information content (AvgIpc) is 3.07. The highest BCUT2D eigenvalue weighted by molar-refractivity contribution is 5.95. The molecule has 0 saturated heterocycles. The van der Waals surface area contributed by atoms with Gasteiger partial charge in [-0.05, 0) is 17.7 Å². The summed E-state index contributed by atoms with van der Waals surface area (Å²) in [7, 11) is 1.40. The third-order valence-electron chi connectivity index (χ3n) is 3.96. The molecule has 0 radical (unpaired) electrons. The molecule has 0 N–H and O–H groups in total. The van der Waals surface area contributed by atoms with Crippen LogP contribution in [0.25, 0.3) is 5.69 Å². The normalized spacial score (nSPS) is 11.4. The molecule has 2 aromatic carbocycles. The highest BCUT2D eigenvalue weighted by Gasteiger charge is 2.41. The number of amides is 1. The topological polar surface area (TPSA) is 38.1 Å². The molecule has 0 bridgehead atoms. The number of para-hydroxylation sites is 1. The second kappa shape index (κ2) is 7.22. The summed E-state index contributed by atoms with van der Waals surface area (Å²) in [5.74, 6) is -1.73. The van der Waals surface area contributed by atoms with Crippen LogP contribution < -0.4 is 0 Å². The summed E-state index contributed by atoms with van der Waals surface area (Å²) in [4.78, 5) is 13.8. The van der Waals surface area contributed by atoms with Gasteiger partial charge < -0.3 is 4.90 Å². The number of alkyl halides is 3. The lowest BCUT2D eigenvalue weighted by molar-refractivity contribution is -0.143. The zero-order valence-electron chi connectivity index (χ0n) is 14.2. The van der Waals surface area contributed by atoms with Crippen LogP contribution in [0.15, 0.2) is 60.8 Å². The predicted molar refractivity (Wildman–Crippen MR) is 90.8 cm³/mol. The van der Waals surface area contributed by atoms with Gasteiger partial charge in [0.15, 0.2) is 5.69 Å².